The van der Waals surface area contributed by atoms with Crippen LogP contribution in [0.3, 0.4) is 0 Å². The minimum atomic E-state index is -1.55. The predicted octanol–water partition coefficient (Wildman–Crippen LogP) is 3.24. The van der Waals surface area contributed by atoms with Gasteiger partial charge in [-0.2, -0.15) is 0 Å². The molecule has 23 nitrogen and oxygen atoms in total. The van der Waals surface area contributed by atoms with E-state index in [2.05, 4.69) is 21.3 Å². The van der Waals surface area contributed by atoms with Gasteiger partial charge in [-0.25, -0.2) is 0 Å². The highest BCUT2D eigenvalue weighted by Gasteiger charge is 2.45. The summed E-state index contributed by atoms with van der Waals surface area (Å²) in [5.41, 5.74) is 0. The summed E-state index contributed by atoms with van der Waals surface area (Å²) in [5, 5.41) is 47.4. The van der Waals surface area contributed by atoms with Gasteiger partial charge < -0.3 is 61.1 Å². The van der Waals surface area contributed by atoms with Gasteiger partial charge in [0.1, 0.15) is 54.7 Å². The van der Waals surface area contributed by atoms with E-state index < -0.39 is 150 Å². The molecule has 9 amide bonds. The summed E-state index contributed by atoms with van der Waals surface area (Å²) in [5.74, 6) is -7.41. The molecule has 0 radical (unpaired) electrons. The van der Waals surface area contributed by atoms with E-state index in [1.165, 1.54) is 78.6 Å². The summed E-state index contributed by atoms with van der Waals surface area (Å²) in [6.07, 6.45) is 0.415. The van der Waals surface area contributed by atoms with Gasteiger partial charge in [0.15, 0.2) is 0 Å². The first-order valence-electron chi connectivity index (χ1n) is 31.3. The molecule has 1 saturated heterocycles. The standard InChI is InChI=1S/C63H117N11O12/c1-25-27-28-41(15)54(77)53-57(80)66-44(26-2)59(82)68(18)34-50(76)69(19)45(29-35(3)4)56(79)67-51(39(11)12)62(85)70(20)46(30-36(5)6)55(78)64-42(16)33-49(75)65-43(17)58(81)71(21)47(31-37(7)8)60(83)72(22)48(32-38(9)10)61(84)73(23)52(40(13)14)63(86)74(53)24/h25,27,35-48,50-54,59,76-77,82H,26,28-34H2,1-24H3,(H,64,78)(H,65,75)(H,66,80)(H,67,79)/b27-25+/t41-,42+,43-,44+,45+,46+,47?,48+,50?,51+,52+,53+,54-,59?/m1/s1. The molecule has 1 aliphatic rings. The largest absolute Gasteiger partial charge is 0.390 e. The number of carbonyl (C=O) groups excluding carboxylic acids is 9. The molecule has 14 atom stereocenters. The summed E-state index contributed by atoms with van der Waals surface area (Å²) in [4.78, 5) is 141. The number of β-amino-alcohol motifs (C(OH)–C–C–N with tert-alkyl or cyclic N) is 1. The van der Waals surface area contributed by atoms with Gasteiger partial charge in [0.05, 0.1) is 18.2 Å². The number of carbonyl (C=O) groups is 9. The number of aliphatic hydroxyl groups excluding tert-OH is 3. The van der Waals surface area contributed by atoms with Crippen LogP contribution in [-0.2, 0) is 43.2 Å². The maximum absolute atomic E-state index is 15.2. The second-order valence-corrected chi connectivity index (χ2v) is 26.9. The van der Waals surface area contributed by atoms with E-state index in [0.29, 0.717) is 6.42 Å². The Balaban J connectivity index is 4.27. The number of hydrogen-bond donors (Lipinski definition) is 7. The summed E-state index contributed by atoms with van der Waals surface area (Å²) in [6, 6.07) is -11.1. The Morgan fingerprint density at radius 3 is 1.43 bits per heavy atom. The molecule has 7 N–H and O–H groups in total. The van der Waals surface area contributed by atoms with Crippen molar-refractivity contribution in [3.63, 3.8) is 0 Å². The molecule has 0 aliphatic carbocycles. The first-order valence-corrected chi connectivity index (χ1v) is 31.3. The fraction of sp³-hybridized carbons (Fsp3) is 0.825. The van der Waals surface area contributed by atoms with Crippen molar-refractivity contribution in [2.75, 3.05) is 55.9 Å². The number of likely N-dealkylation sites (N-methyl/N-ethyl adjacent to an activating group) is 7. The van der Waals surface area contributed by atoms with Gasteiger partial charge >= 0.3 is 0 Å². The summed E-state index contributed by atoms with van der Waals surface area (Å²) in [7, 11) is 10.4. The van der Waals surface area contributed by atoms with Crippen molar-refractivity contribution >= 4 is 53.2 Å². The van der Waals surface area contributed by atoms with Gasteiger partial charge in [0, 0.05) is 54.2 Å². The molecule has 23 heteroatoms. The number of hydrogen-bond acceptors (Lipinski definition) is 14. The van der Waals surface area contributed by atoms with Crippen molar-refractivity contribution in [3.8, 4) is 0 Å². The van der Waals surface area contributed by atoms with Gasteiger partial charge in [-0.05, 0) is 115 Å². The van der Waals surface area contributed by atoms with E-state index in [1.807, 2.05) is 68.4 Å². The van der Waals surface area contributed by atoms with Crippen LogP contribution in [0.1, 0.15) is 163 Å². The zero-order valence-corrected chi connectivity index (χ0v) is 57.0. The van der Waals surface area contributed by atoms with E-state index in [-0.39, 0.29) is 68.7 Å². The average molecular weight is 1220 g/mol. The van der Waals surface area contributed by atoms with Crippen LogP contribution in [0.5, 0.6) is 0 Å². The van der Waals surface area contributed by atoms with Gasteiger partial charge in [-0.15, -0.1) is 0 Å². The molecule has 0 aromatic rings. The van der Waals surface area contributed by atoms with Gasteiger partial charge in [-0.1, -0.05) is 109 Å². The molecule has 0 bridgehead atoms. The molecule has 0 aromatic heterocycles. The van der Waals surface area contributed by atoms with Crippen LogP contribution in [0.25, 0.3) is 0 Å². The zero-order valence-electron chi connectivity index (χ0n) is 57.0. The van der Waals surface area contributed by atoms with E-state index in [4.69, 9.17) is 0 Å². The highest BCUT2D eigenvalue weighted by atomic mass is 16.3. The number of nitrogens with one attached hydrogen (secondary N) is 4. The fourth-order valence-electron chi connectivity index (χ4n) is 11.2. The van der Waals surface area contributed by atoms with Crippen LogP contribution >= 0.6 is 0 Å². The van der Waals surface area contributed by atoms with Crippen LogP contribution < -0.4 is 21.3 Å². The summed E-state index contributed by atoms with van der Waals surface area (Å²) >= 11 is 0. The van der Waals surface area contributed by atoms with Crippen molar-refractivity contribution in [1.82, 2.24) is 55.6 Å². The predicted molar refractivity (Wildman–Crippen MR) is 335 cm³/mol. The SMILES string of the molecule is C/C=C/C[C@@H](C)[C@@H](O)[C@H]1C(=O)N[C@@H](CC)C(O)N(C)CC(O)N(C)[C@@H](CC(C)C)C(=O)N[C@@H](C(C)C)C(=O)N(C)[C@@H](CC(C)C)C(=O)N[C@@H](C)CC(=O)N[C@H](C)C(=O)N(C)C(CC(C)C)C(=O)N(C)[C@@H](CC(C)C)C(=O)N(C)[C@@H](C(C)C)C(=O)N1C. The first kappa shape index (κ1) is 78.8. The minimum Gasteiger partial charge on any atom is -0.390 e. The van der Waals surface area contributed by atoms with E-state index in [1.54, 1.807) is 61.6 Å². The van der Waals surface area contributed by atoms with E-state index >= 15 is 9.59 Å². The molecule has 86 heavy (non-hydrogen) atoms. The van der Waals surface area contributed by atoms with Crippen molar-refractivity contribution < 1.29 is 58.5 Å². The van der Waals surface area contributed by atoms with Crippen LogP contribution in [0.2, 0.25) is 0 Å². The molecule has 0 aromatic carbocycles. The van der Waals surface area contributed by atoms with Crippen LogP contribution in [0.4, 0.5) is 0 Å². The second-order valence-electron chi connectivity index (χ2n) is 26.9. The van der Waals surface area contributed by atoms with E-state index in [9.17, 15) is 48.9 Å². The van der Waals surface area contributed by atoms with Crippen LogP contribution in [0, 0.1) is 41.4 Å². The third-order valence-corrected chi connectivity index (χ3v) is 16.6. The second kappa shape index (κ2) is 36.3. The molecular formula is C63H117N11O12. The quantitative estimate of drug-likeness (QED) is 0.116. The Hall–Kier alpha value is -5.23. The topological polar surface area (TPSA) is 285 Å². The Morgan fingerprint density at radius 1 is 0.523 bits per heavy atom. The normalized spacial score (nSPS) is 29.0. The maximum atomic E-state index is 15.2. The smallest absolute Gasteiger partial charge is 0.246 e. The number of amides is 9. The number of allylic oxidation sites excluding steroid dienone is 2. The number of rotatable bonds is 15. The highest BCUT2D eigenvalue weighted by molar-refractivity contribution is 5.97. The number of nitrogens with zero attached hydrogens (tertiary/aromatic N) is 7. The molecule has 1 heterocycles. The monoisotopic (exact) mass is 1220 g/mol. The first-order chi connectivity index (χ1) is 39.7. The van der Waals surface area contributed by atoms with Gasteiger partial charge in [0.25, 0.3) is 0 Å². The molecule has 0 spiro atoms. The van der Waals surface area contributed by atoms with Gasteiger partial charge in [0.2, 0.25) is 53.2 Å². The lowest BCUT2D eigenvalue weighted by Crippen LogP contribution is -2.64. The maximum Gasteiger partial charge on any atom is 0.246 e. The lowest BCUT2D eigenvalue weighted by molar-refractivity contribution is -0.157. The van der Waals surface area contributed by atoms with Crippen LogP contribution in [0.15, 0.2) is 12.2 Å². The Bertz CT molecular complexity index is 2250. The van der Waals surface area contributed by atoms with Crippen LogP contribution in [-0.4, -0.2) is 238 Å². The highest BCUT2D eigenvalue weighted by Crippen LogP contribution is 2.26. The van der Waals surface area contributed by atoms with Crippen molar-refractivity contribution in [3.05, 3.63) is 12.2 Å². The zero-order chi connectivity index (χ0) is 66.7. The van der Waals surface area contributed by atoms with Gasteiger partial charge in [-0.3, -0.25) is 53.0 Å². The lowest BCUT2D eigenvalue weighted by Gasteiger charge is -2.42. The fourth-order valence-corrected chi connectivity index (χ4v) is 11.2. The molecule has 1 rings (SSSR count). The molecular weight excluding hydrogens is 1100 g/mol. The molecule has 1 fully saturated rings. The van der Waals surface area contributed by atoms with Crippen molar-refractivity contribution in [1.29, 1.82) is 0 Å². The third-order valence-electron chi connectivity index (χ3n) is 16.6. The lowest BCUT2D eigenvalue weighted by atomic mass is 9.91. The molecule has 496 valence electrons. The van der Waals surface area contributed by atoms with Crippen molar-refractivity contribution in [2.24, 2.45) is 41.4 Å². The molecule has 1 aliphatic heterocycles. The molecule has 3 unspecified atom stereocenters. The Kier molecular flexibility index (Phi) is 33.3. The molecule has 0 saturated carbocycles. The third kappa shape index (κ3) is 22.7. The Labute approximate surface area is 516 Å². The average Bonchev–Trinajstić information content (AvgIpc) is 2.42. The summed E-state index contributed by atoms with van der Waals surface area (Å²) in [6.45, 7) is 30.4. The van der Waals surface area contributed by atoms with E-state index in [0.717, 1.165) is 4.90 Å². The Morgan fingerprint density at radius 2 is 0.965 bits per heavy atom. The number of aliphatic hydroxyl groups is 3. The minimum absolute atomic E-state index is 0.0692. The van der Waals surface area contributed by atoms with Crippen molar-refractivity contribution in [2.45, 2.75) is 242 Å². The summed E-state index contributed by atoms with van der Waals surface area (Å²) < 4.78 is 0.